The van der Waals surface area contributed by atoms with Gasteiger partial charge in [-0.15, -0.1) is 0 Å². The highest BCUT2D eigenvalue weighted by molar-refractivity contribution is 5.80. The van der Waals surface area contributed by atoms with Crippen molar-refractivity contribution in [2.24, 2.45) is 5.92 Å². The van der Waals surface area contributed by atoms with Crippen LogP contribution in [0.15, 0.2) is 12.3 Å². The number of hydrogen-bond donors (Lipinski definition) is 0. The lowest BCUT2D eigenvalue weighted by Gasteiger charge is -2.12. The van der Waals surface area contributed by atoms with Crippen molar-refractivity contribution >= 4 is 5.78 Å². The summed E-state index contributed by atoms with van der Waals surface area (Å²) in [4.78, 5) is 11.2. The number of Topliss-reactive ketones (excluding diaryl/α,β-unsaturated/α-hetero) is 1. The van der Waals surface area contributed by atoms with E-state index in [0.29, 0.717) is 17.7 Å². The van der Waals surface area contributed by atoms with Gasteiger partial charge in [-0.1, -0.05) is 13.8 Å². The Kier molecular flexibility index (Phi) is 3.97. The summed E-state index contributed by atoms with van der Waals surface area (Å²) in [6.07, 6.45) is 7.90. The molecule has 0 N–H and O–H groups in total. The maximum Gasteiger partial charge on any atom is 0.133 e. The third-order valence-electron chi connectivity index (χ3n) is 3.83. The molecule has 1 aliphatic carbocycles. The molecule has 94 valence electrons. The van der Waals surface area contributed by atoms with Crippen LogP contribution in [0.5, 0.6) is 0 Å². The fraction of sp³-hybridized carbons (Fsp3) is 0.714. The molecule has 1 heterocycles. The van der Waals surface area contributed by atoms with Crippen molar-refractivity contribution in [2.75, 3.05) is 0 Å². The third-order valence-corrected chi connectivity index (χ3v) is 3.83. The lowest BCUT2D eigenvalue weighted by atomic mass is 10.0. The molecule has 2 rings (SSSR count). The van der Waals surface area contributed by atoms with Crippen molar-refractivity contribution in [3.8, 4) is 0 Å². The smallest absolute Gasteiger partial charge is 0.133 e. The monoisotopic (exact) mass is 234 g/mol. The van der Waals surface area contributed by atoms with Gasteiger partial charge in [-0.05, 0) is 37.7 Å². The molecular formula is C14H22N2O. The fourth-order valence-corrected chi connectivity index (χ4v) is 2.71. The number of hydrogen-bond acceptors (Lipinski definition) is 2. The van der Waals surface area contributed by atoms with E-state index in [1.807, 2.05) is 0 Å². The SMILES string of the molecule is CCC(CC)n1ccc(CC2CCC(=O)C2)n1. The van der Waals surface area contributed by atoms with Crippen LogP contribution < -0.4 is 0 Å². The summed E-state index contributed by atoms with van der Waals surface area (Å²) in [5.41, 5.74) is 1.15. The van der Waals surface area contributed by atoms with E-state index in [9.17, 15) is 4.79 Å². The molecule has 0 saturated heterocycles. The van der Waals surface area contributed by atoms with Crippen LogP contribution >= 0.6 is 0 Å². The summed E-state index contributed by atoms with van der Waals surface area (Å²) in [5.74, 6) is 0.960. The molecule has 3 heteroatoms. The lowest BCUT2D eigenvalue weighted by Crippen LogP contribution is -2.09. The molecule has 0 spiro atoms. The van der Waals surface area contributed by atoms with Crippen molar-refractivity contribution in [1.82, 2.24) is 9.78 Å². The zero-order valence-electron chi connectivity index (χ0n) is 10.9. The van der Waals surface area contributed by atoms with E-state index in [2.05, 4.69) is 35.9 Å². The third kappa shape index (κ3) is 2.96. The molecule has 17 heavy (non-hydrogen) atoms. The van der Waals surface area contributed by atoms with Crippen LogP contribution in [0.25, 0.3) is 0 Å². The highest BCUT2D eigenvalue weighted by Gasteiger charge is 2.23. The van der Waals surface area contributed by atoms with Gasteiger partial charge >= 0.3 is 0 Å². The van der Waals surface area contributed by atoms with E-state index in [1.165, 1.54) is 0 Å². The first-order valence-corrected chi connectivity index (χ1v) is 6.78. The molecule has 1 aliphatic rings. The molecule has 1 atom stereocenters. The Bertz CT molecular complexity index is 379. The molecule has 1 unspecified atom stereocenters. The van der Waals surface area contributed by atoms with Gasteiger partial charge in [-0.2, -0.15) is 5.10 Å². The van der Waals surface area contributed by atoms with Gasteiger partial charge in [-0.25, -0.2) is 0 Å². The first-order valence-electron chi connectivity index (χ1n) is 6.78. The second kappa shape index (κ2) is 5.48. The Labute approximate surface area is 103 Å². The zero-order valence-corrected chi connectivity index (χ0v) is 10.9. The summed E-state index contributed by atoms with van der Waals surface area (Å²) in [5, 5.41) is 4.65. The molecule has 0 radical (unpaired) electrons. The minimum Gasteiger partial charge on any atom is -0.300 e. The van der Waals surface area contributed by atoms with Crippen LogP contribution in [0.4, 0.5) is 0 Å². The molecule has 0 bridgehead atoms. The quantitative estimate of drug-likeness (QED) is 0.784. The maximum absolute atomic E-state index is 11.2. The molecule has 1 saturated carbocycles. The highest BCUT2D eigenvalue weighted by atomic mass is 16.1. The van der Waals surface area contributed by atoms with E-state index >= 15 is 0 Å². The minimum atomic E-state index is 0.425. The Hall–Kier alpha value is -1.12. The van der Waals surface area contributed by atoms with Crippen molar-refractivity contribution in [2.45, 2.75) is 58.4 Å². The van der Waals surface area contributed by atoms with Crippen LogP contribution in [0, 0.1) is 5.92 Å². The second-order valence-corrected chi connectivity index (χ2v) is 5.11. The minimum absolute atomic E-state index is 0.425. The fourth-order valence-electron chi connectivity index (χ4n) is 2.71. The first kappa shape index (κ1) is 12.3. The van der Waals surface area contributed by atoms with Crippen molar-refractivity contribution in [3.05, 3.63) is 18.0 Å². The molecule has 3 nitrogen and oxygen atoms in total. The van der Waals surface area contributed by atoms with Crippen LogP contribution in [-0.2, 0) is 11.2 Å². The van der Waals surface area contributed by atoms with Crippen molar-refractivity contribution in [3.63, 3.8) is 0 Å². The Morgan fingerprint density at radius 3 is 2.82 bits per heavy atom. The van der Waals surface area contributed by atoms with Crippen molar-refractivity contribution in [1.29, 1.82) is 0 Å². The lowest BCUT2D eigenvalue weighted by molar-refractivity contribution is -0.117. The molecule has 1 aromatic heterocycles. The molecule has 0 aromatic carbocycles. The number of carbonyl (C=O) groups is 1. The predicted molar refractivity (Wildman–Crippen MR) is 67.9 cm³/mol. The Morgan fingerprint density at radius 2 is 2.24 bits per heavy atom. The number of rotatable bonds is 5. The van der Waals surface area contributed by atoms with Crippen LogP contribution in [-0.4, -0.2) is 15.6 Å². The average molecular weight is 234 g/mol. The average Bonchev–Trinajstić information content (AvgIpc) is 2.91. The summed E-state index contributed by atoms with van der Waals surface area (Å²) in [6.45, 7) is 4.40. The van der Waals surface area contributed by atoms with Gasteiger partial charge in [0.05, 0.1) is 11.7 Å². The largest absolute Gasteiger partial charge is 0.300 e. The standard InChI is InChI=1S/C14H22N2O/c1-3-13(4-2)16-8-7-12(15-16)9-11-5-6-14(17)10-11/h7-8,11,13H,3-6,9-10H2,1-2H3. The second-order valence-electron chi connectivity index (χ2n) is 5.11. The van der Waals surface area contributed by atoms with Gasteiger partial charge in [0, 0.05) is 19.0 Å². The van der Waals surface area contributed by atoms with E-state index in [-0.39, 0.29) is 0 Å². The van der Waals surface area contributed by atoms with Gasteiger partial charge in [-0.3, -0.25) is 9.48 Å². The van der Waals surface area contributed by atoms with Crippen molar-refractivity contribution < 1.29 is 4.79 Å². The molecule has 0 amide bonds. The molecular weight excluding hydrogens is 212 g/mol. The normalized spacial score (nSPS) is 20.4. The van der Waals surface area contributed by atoms with Crippen LogP contribution in [0.3, 0.4) is 0 Å². The first-order chi connectivity index (χ1) is 8.22. The molecule has 1 aromatic rings. The summed E-state index contributed by atoms with van der Waals surface area (Å²) in [6, 6.07) is 2.63. The zero-order chi connectivity index (χ0) is 12.3. The van der Waals surface area contributed by atoms with E-state index in [0.717, 1.165) is 44.2 Å². The Balaban J connectivity index is 1.96. The van der Waals surface area contributed by atoms with Gasteiger partial charge in [0.2, 0.25) is 0 Å². The Morgan fingerprint density at radius 1 is 1.47 bits per heavy atom. The van der Waals surface area contributed by atoms with Gasteiger partial charge < -0.3 is 0 Å². The summed E-state index contributed by atoms with van der Waals surface area (Å²) in [7, 11) is 0. The predicted octanol–water partition coefficient (Wildman–Crippen LogP) is 3.16. The van der Waals surface area contributed by atoms with E-state index in [1.54, 1.807) is 0 Å². The van der Waals surface area contributed by atoms with Gasteiger partial charge in [0.1, 0.15) is 5.78 Å². The number of aromatic nitrogens is 2. The summed E-state index contributed by atoms with van der Waals surface area (Å²) >= 11 is 0. The summed E-state index contributed by atoms with van der Waals surface area (Å²) < 4.78 is 2.09. The topological polar surface area (TPSA) is 34.9 Å². The number of carbonyl (C=O) groups excluding carboxylic acids is 1. The molecule has 0 aliphatic heterocycles. The highest BCUT2D eigenvalue weighted by Crippen LogP contribution is 2.25. The number of nitrogens with zero attached hydrogens (tertiary/aromatic N) is 2. The van der Waals surface area contributed by atoms with Gasteiger partial charge in [0.15, 0.2) is 0 Å². The maximum atomic E-state index is 11.2. The van der Waals surface area contributed by atoms with Crippen LogP contribution in [0.2, 0.25) is 0 Å². The molecule has 1 fully saturated rings. The van der Waals surface area contributed by atoms with E-state index in [4.69, 9.17) is 0 Å². The van der Waals surface area contributed by atoms with Crippen LogP contribution in [0.1, 0.15) is 57.7 Å². The van der Waals surface area contributed by atoms with E-state index < -0.39 is 0 Å². The number of ketones is 1. The van der Waals surface area contributed by atoms with Gasteiger partial charge in [0.25, 0.3) is 0 Å².